The van der Waals surface area contributed by atoms with Crippen molar-refractivity contribution in [3.63, 3.8) is 0 Å². The molecule has 4 rings (SSSR count). The molecule has 2 aromatic heterocycles. The molecular weight excluding hydrogens is 398 g/mol. The van der Waals surface area contributed by atoms with Gasteiger partial charge in [0, 0.05) is 6.20 Å². The number of anilines is 3. The molecule has 0 saturated heterocycles. The Balaban J connectivity index is 1.84. The van der Waals surface area contributed by atoms with E-state index >= 15 is 0 Å². The van der Waals surface area contributed by atoms with E-state index in [1.54, 1.807) is 4.90 Å². The van der Waals surface area contributed by atoms with Crippen LogP contribution < -0.4 is 16.4 Å². The number of nitrogens with two attached hydrogens (primary N) is 2. The Morgan fingerprint density at radius 3 is 2.58 bits per heavy atom. The summed E-state index contributed by atoms with van der Waals surface area (Å²) in [6, 6.07) is 13.4. The minimum Gasteiger partial charge on any atom is -0.479 e. The van der Waals surface area contributed by atoms with Gasteiger partial charge in [0.25, 0.3) is 0 Å². The van der Waals surface area contributed by atoms with E-state index in [0.717, 1.165) is 16.3 Å². The normalized spacial score (nSPS) is 13.2. The van der Waals surface area contributed by atoms with E-state index < -0.39 is 12.1 Å². The zero-order valence-corrected chi connectivity index (χ0v) is 16.7. The molecule has 31 heavy (non-hydrogen) atoms. The van der Waals surface area contributed by atoms with Crippen molar-refractivity contribution < 1.29 is 15.0 Å². The fraction of sp³-hybridized carbons (Fsp3) is 0.190. The summed E-state index contributed by atoms with van der Waals surface area (Å²) in [6.07, 6.45) is -0.181. The third kappa shape index (κ3) is 3.88. The summed E-state index contributed by atoms with van der Waals surface area (Å²) in [6.45, 7) is 1.66. The van der Waals surface area contributed by atoms with Gasteiger partial charge in [0.2, 0.25) is 11.9 Å². The molecule has 10 nitrogen and oxygen atoms in total. The lowest BCUT2D eigenvalue weighted by Crippen LogP contribution is -2.39. The number of fused-ring (bicyclic) bond motifs is 2. The molecule has 0 fully saturated rings. The minimum atomic E-state index is -1.64. The smallest absolute Gasteiger partial charge is 0.334 e. The second-order valence-corrected chi connectivity index (χ2v) is 7.13. The first-order chi connectivity index (χ1) is 14.8. The number of nitrogen functional groups attached to an aromatic ring is 2. The first-order valence-electron chi connectivity index (χ1n) is 9.56. The average Bonchev–Trinajstić information content (AvgIpc) is 2.75. The topological polar surface area (TPSA) is 164 Å². The Bertz CT molecular complexity index is 1280. The van der Waals surface area contributed by atoms with E-state index in [9.17, 15) is 15.0 Å². The van der Waals surface area contributed by atoms with E-state index in [-0.39, 0.29) is 35.9 Å². The Hall–Kier alpha value is -4.05. The summed E-state index contributed by atoms with van der Waals surface area (Å²) in [5.41, 5.74) is 12.7. The van der Waals surface area contributed by atoms with E-state index in [4.69, 9.17) is 11.5 Å². The van der Waals surface area contributed by atoms with Crippen LogP contribution in [0.5, 0.6) is 0 Å². The lowest BCUT2D eigenvalue weighted by Gasteiger charge is -2.31. The molecule has 0 amide bonds. The summed E-state index contributed by atoms with van der Waals surface area (Å²) < 4.78 is 0. The Kier molecular flexibility index (Phi) is 5.22. The van der Waals surface area contributed by atoms with Gasteiger partial charge in [0.1, 0.15) is 5.82 Å². The molecular formula is C21H21N7O3. The van der Waals surface area contributed by atoms with Gasteiger partial charge in [-0.15, -0.1) is 0 Å². The second-order valence-electron chi connectivity index (χ2n) is 7.13. The number of aromatic nitrogens is 4. The number of hydrogen-bond donors (Lipinski definition) is 4. The first kappa shape index (κ1) is 20.2. The van der Waals surface area contributed by atoms with E-state index in [2.05, 4.69) is 19.9 Å². The van der Waals surface area contributed by atoms with Crippen LogP contribution in [-0.4, -0.2) is 48.8 Å². The predicted molar refractivity (Wildman–Crippen MR) is 117 cm³/mol. The lowest BCUT2D eigenvalue weighted by molar-refractivity contribution is -0.146. The quantitative estimate of drug-likeness (QED) is 0.362. The van der Waals surface area contributed by atoms with Crippen molar-refractivity contribution in [2.45, 2.75) is 19.1 Å². The van der Waals surface area contributed by atoms with Gasteiger partial charge in [0.05, 0.1) is 18.0 Å². The van der Waals surface area contributed by atoms with Crippen molar-refractivity contribution in [2.24, 2.45) is 0 Å². The number of rotatable bonds is 6. The number of aliphatic carboxylic acids is 1. The van der Waals surface area contributed by atoms with Crippen LogP contribution >= 0.6 is 0 Å². The standard InChI is InChI=1S/C21H21N7O3/c1-11(13-8-4-6-12-5-2-3-7-14(12)13)28(10-16(29)19(30)31)21-24-9-15-17(22)25-20(23)26-18(15)27-21/h2-9,11,16,29H,10H2,1H3,(H,30,31)(H4,22,23,24,25,26,27)/t11-,16+/m1/s1. The van der Waals surface area contributed by atoms with Crippen LogP contribution in [0.4, 0.5) is 17.7 Å². The second kappa shape index (κ2) is 8.00. The van der Waals surface area contributed by atoms with E-state index in [0.29, 0.717) is 5.39 Å². The van der Waals surface area contributed by atoms with Gasteiger partial charge in [-0.2, -0.15) is 15.0 Å². The molecule has 158 valence electrons. The largest absolute Gasteiger partial charge is 0.479 e. The van der Waals surface area contributed by atoms with Gasteiger partial charge in [-0.1, -0.05) is 42.5 Å². The molecule has 2 heterocycles. The van der Waals surface area contributed by atoms with Gasteiger partial charge in [0.15, 0.2) is 11.8 Å². The summed E-state index contributed by atoms with van der Waals surface area (Å²) in [5, 5.41) is 21.9. The van der Waals surface area contributed by atoms with Crippen LogP contribution in [0.1, 0.15) is 18.5 Å². The zero-order chi connectivity index (χ0) is 22.1. The number of carboxylic acid groups (broad SMARTS) is 1. The van der Waals surface area contributed by atoms with Crippen LogP contribution in [0.2, 0.25) is 0 Å². The highest BCUT2D eigenvalue weighted by Gasteiger charge is 2.26. The maximum absolute atomic E-state index is 11.4. The van der Waals surface area contributed by atoms with Crippen molar-refractivity contribution in [2.75, 3.05) is 22.9 Å². The van der Waals surface area contributed by atoms with Crippen LogP contribution in [-0.2, 0) is 4.79 Å². The summed E-state index contributed by atoms with van der Waals surface area (Å²) >= 11 is 0. The summed E-state index contributed by atoms with van der Waals surface area (Å²) in [5.74, 6) is -1.04. The molecule has 4 aromatic rings. The molecule has 0 radical (unpaired) electrons. The van der Waals surface area contributed by atoms with Gasteiger partial charge in [-0.3, -0.25) is 0 Å². The van der Waals surface area contributed by atoms with Crippen LogP contribution in [0.25, 0.3) is 21.8 Å². The lowest BCUT2D eigenvalue weighted by atomic mass is 9.98. The zero-order valence-electron chi connectivity index (χ0n) is 16.7. The molecule has 6 N–H and O–H groups in total. The Morgan fingerprint density at radius 2 is 1.81 bits per heavy atom. The van der Waals surface area contributed by atoms with Crippen molar-refractivity contribution in [1.82, 2.24) is 19.9 Å². The van der Waals surface area contributed by atoms with Crippen molar-refractivity contribution in [3.05, 3.63) is 54.2 Å². The Morgan fingerprint density at radius 1 is 1.06 bits per heavy atom. The molecule has 2 aromatic carbocycles. The molecule has 0 bridgehead atoms. The minimum absolute atomic E-state index is 0.0335. The predicted octanol–water partition coefficient (Wildman–Crippen LogP) is 1.75. The number of benzene rings is 2. The van der Waals surface area contributed by atoms with Crippen molar-refractivity contribution in [1.29, 1.82) is 0 Å². The number of aliphatic hydroxyl groups excluding tert-OH is 1. The number of nitrogens with zero attached hydrogens (tertiary/aromatic N) is 5. The van der Waals surface area contributed by atoms with Gasteiger partial charge in [-0.05, 0) is 23.3 Å². The van der Waals surface area contributed by atoms with Gasteiger partial charge >= 0.3 is 5.97 Å². The third-order valence-electron chi connectivity index (χ3n) is 5.14. The molecule has 0 aliphatic rings. The van der Waals surface area contributed by atoms with Gasteiger partial charge < -0.3 is 26.6 Å². The average molecular weight is 419 g/mol. The molecule has 0 saturated carbocycles. The van der Waals surface area contributed by atoms with E-state index in [1.807, 2.05) is 49.4 Å². The summed E-state index contributed by atoms with van der Waals surface area (Å²) in [4.78, 5) is 29.8. The number of hydrogen-bond acceptors (Lipinski definition) is 9. The molecule has 0 aliphatic carbocycles. The molecule has 2 atom stereocenters. The molecule has 0 aliphatic heterocycles. The van der Waals surface area contributed by atoms with Crippen molar-refractivity contribution >= 4 is 45.5 Å². The highest BCUT2D eigenvalue weighted by atomic mass is 16.4. The third-order valence-corrected chi connectivity index (χ3v) is 5.14. The van der Waals surface area contributed by atoms with Crippen LogP contribution in [0.3, 0.4) is 0 Å². The number of aliphatic hydroxyl groups is 1. The monoisotopic (exact) mass is 419 g/mol. The highest BCUT2D eigenvalue weighted by Crippen LogP contribution is 2.31. The van der Waals surface area contributed by atoms with Crippen LogP contribution in [0, 0.1) is 0 Å². The van der Waals surface area contributed by atoms with Gasteiger partial charge in [-0.25, -0.2) is 9.78 Å². The molecule has 0 spiro atoms. The number of carboxylic acids is 1. The number of carbonyl (C=O) groups is 1. The van der Waals surface area contributed by atoms with E-state index in [1.165, 1.54) is 6.20 Å². The first-order valence-corrected chi connectivity index (χ1v) is 9.56. The SMILES string of the molecule is C[C@H](c1cccc2ccccc12)N(C[C@H](O)C(=O)O)c1ncc2c(N)nc(N)nc2n1. The van der Waals surface area contributed by atoms with Crippen LogP contribution in [0.15, 0.2) is 48.7 Å². The highest BCUT2D eigenvalue weighted by molar-refractivity contribution is 5.87. The maximum Gasteiger partial charge on any atom is 0.334 e. The Labute approximate surface area is 177 Å². The van der Waals surface area contributed by atoms with Crippen molar-refractivity contribution in [3.8, 4) is 0 Å². The maximum atomic E-state index is 11.4. The summed E-state index contributed by atoms with van der Waals surface area (Å²) in [7, 11) is 0. The fourth-order valence-electron chi connectivity index (χ4n) is 3.55. The fourth-order valence-corrected chi connectivity index (χ4v) is 3.55. The molecule has 0 unspecified atom stereocenters. The molecule has 10 heteroatoms.